The molecule has 2 saturated heterocycles. The number of carbonyl (C=O) groups is 4. The number of anilines is 1. The van der Waals surface area contributed by atoms with Crippen LogP contribution in [-0.4, -0.2) is 65.4 Å². The van der Waals surface area contributed by atoms with Crippen LogP contribution in [0.3, 0.4) is 0 Å². The summed E-state index contributed by atoms with van der Waals surface area (Å²) in [5, 5.41) is 2.81. The average molecular weight is 440 g/mol. The van der Waals surface area contributed by atoms with E-state index in [1.165, 1.54) is 11.2 Å². The van der Waals surface area contributed by atoms with Gasteiger partial charge in [0.25, 0.3) is 11.8 Å². The van der Waals surface area contributed by atoms with Crippen molar-refractivity contribution in [2.45, 2.75) is 24.5 Å². The van der Waals surface area contributed by atoms with Crippen molar-refractivity contribution in [1.82, 2.24) is 9.80 Å². The summed E-state index contributed by atoms with van der Waals surface area (Å²) in [5.74, 6) is -1.97. The van der Waals surface area contributed by atoms with Crippen molar-refractivity contribution >= 4 is 29.5 Å². The zero-order valence-corrected chi connectivity index (χ0v) is 17.5. The van der Waals surface area contributed by atoms with Gasteiger partial charge in [0.15, 0.2) is 11.9 Å². The van der Waals surface area contributed by atoms with E-state index in [1.807, 2.05) is 6.07 Å². The lowest BCUT2D eigenvalue weighted by molar-refractivity contribution is -0.136. The summed E-state index contributed by atoms with van der Waals surface area (Å²) in [5.41, 5.74) is 4.82. The van der Waals surface area contributed by atoms with Crippen LogP contribution in [0.1, 0.15) is 23.4 Å². The summed E-state index contributed by atoms with van der Waals surface area (Å²) < 4.78 is 10.3. The Morgan fingerprint density at radius 2 is 1.81 bits per heavy atom. The van der Waals surface area contributed by atoms with E-state index in [4.69, 9.17) is 14.9 Å². The molecule has 0 unspecified atom stereocenters. The van der Waals surface area contributed by atoms with E-state index in [0.717, 1.165) is 0 Å². The van der Waals surface area contributed by atoms with E-state index in [1.54, 1.807) is 48.3 Å². The van der Waals surface area contributed by atoms with Crippen molar-refractivity contribution in [2.24, 2.45) is 11.7 Å². The average Bonchev–Trinajstić information content (AvgIpc) is 3.38. The molecule has 168 valence electrons. The van der Waals surface area contributed by atoms with Gasteiger partial charge in [0.2, 0.25) is 5.91 Å². The van der Waals surface area contributed by atoms with Crippen LogP contribution in [0.15, 0.2) is 53.1 Å². The number of rotatable bonds is 4. The normalized spacial score (nSPS) is 22.1. The van der Waals surface area contributed by atoms with Gasteiger partial charge in [-0.05, 0) is 37.1 Å². The molecule has 0 saturated carbocycles. The van der Waals surface area contributed by atoms with Crippen LogP contribution >= 0.6 is 0 Å². The highest BCUT2D eigenvalue weighted by atomic mass is 16.6. The maximum absolute atomic E-state index is 13.4. The number of nitrogens with zero attached hydrogens (tertiary/aromatic N) is 2. The van der Waals surface area contributed by atoms with E-state index in [0.29, 0.717) is 31.6 Å². The molecule has 2 aliphatic rings. The molecule has 2 aliphatic heterocycles. The van der Waals surface area contributed by atoms with Gasteiger partial charge in [-0.2, -0.15) is 0 Å². The third kappa shape index (κ3) is 3.68. The summed E-state index contributed by atoms with van der Waals surface area (Å²) in [6, 6.07) is 12.0. The molecule has 1 aromatic carbocycles. The first-order chi connectivity index (χ1) is 15.3. The molecule has 0 aliphatic carbocycles. The lowest BCUT2D eigenvalue weighted by atomic mass is 9.75. The molecular formula is C22H24N4O6. The molecule has 10 heteroatoms. The van der Waals surface area contributed by atoms with Crippen molar-refractivity contribution in [2.75, 3.05) is 25.5 Å². The Morgan fingerprint density at radius 3 is 2.41 bits per heavy atom. The number of benzene rings is 1. The number of hydrogen-bond donors (Lipinski definition) is 2. The van der Waals surface area contributed by atoms with Crippen LogP contribution in [0, 0.1) is 5.92 Å². The number of carbonyl (C=O) groups excluding carboxylic acids is 4. The molecule has 1 aromatic heterocycles. The molecule has 4 amide bonds. The summed E-state index contributed by atoms with van der Waals surface area (Å²) in [4.78, 5) is 53.6. The summed E-state index contributed by atoms with van der Waals surface area (Å²) >= 11 is 0. The third-order valence-electron chi connectivity index (χ3n) is 6.34. The predicted octanol–water partition coefficient (Wildman–Crippen LogP) is 1.45. The minimum absolute atomic E-state index is 0.227. The Kier molecular flexibility index (Phi) is 5.60. The lowest BCUT2D eigenvalue weighted by Gasteiger charge is -2.45. The van der Waals surface area contributed by atoms with Gasteiger partial charge < -0.3 is 30.0 Å². The highest BCUT2D eigenvalue weighted by Crippen LogP contribution is 2.44. The van der Waals surface area contributed by atoms with E-state index >= 15 is 0 Å². The topological polar surface area (TPSA) is 135 Å². The van der Waals surface area contributed by atoms with Crippen molar-refractivity contribution in [1.29, 1.82) is 0 Å². The molecule has 3 heterocycles. The van der Waals surface area contributed by atoms with Crippen molar-refractivity contribution in [3.05, 3.63) is 54.5 Å². The van der Waals surface area contributed by atoms with Gasteiger partial charge in [-0.1, -0.05) is 18.2 Å². The predicted molar refractivity (Wildman–Crippen MR) is 112 cm³/mol. The van der Waals surface area contributed by atoms with Crippen LogP contribution in [0.4, 0.5) is 10.5 Å². The minimum Gasteiger partial charge on any atom is -0.459 e. The molecule has 32 heavy (non-hydrogen) atoms. The van der Waals surface area contributed by atoms with Gasteiger partial charge in [-0.3, -0.25) is 14.4 Å². The fraction of sp³-hybridized carbons (Fsp3) is 0.364. The molecule has 1 spiro atoms. The number of nitrogens with two attached hydrogens (primary N) is 1. The van der Waals surface area contributed by atoms with Crippen LogP contribution in [0.2, 0.25) is 0 Å². The number of amides is 4. The van der Waals surface area contributed by atoms with E-state index < -0.39 is 35.5 Å². The van der Waals surface area contributed by atoms with Gasteiger partial charge in [0, 0.05) is 25.8 Å². The number of primary amides is 1. The molecule has 4 rings (SSSR count). The Hall–Kier alpha value is -3.82. The van der Waals surface area contributed by atoms with Crippen molar-refractivity contribution in [3.8, 4) is 0 Å². The van der Waals surface area contributed by atoms with Crippen LogP contribution in [-0.2, 0) is 14.3 Å². The van der Waals surface area contributed by atoms with Crippen LogP contribution < -0.4 is 11.1 Å². The molecule has 3 N–H and O–H groups in total. The second-order valence-electron chi connectivity index (χ2n) is 7.96. The molecule has 10 nitrogen and oxygen atoms in total. The largest absolute Gasteiger partial charge is 0.459 e. The van der Waals surface area contributed by atoms with Gasteiger partial charge in [-0.15, -0.1) is 0 Å². The van der Waals surface area contributed by atoms with Gasteiger partial charge in [-0.25, -0.2) is 4.79 Å². The van der Waals surface area contributed by atoms with E-state index in [2.05, 4.69) is 5.32 Å². The molecule has 2 atom stereocenters. The number of likely N-dealkylation sites (N-methyl/N-ethyl adjacent to an activating group) is 1. The third-order valence-corrected chi connectivity index (χ3v) is 6.34. The van der Waals surface area contributed by atoms with Crippen molar-refractivity contribution in [3.63, 3.8) is 0 Å². The number of furan rings is 1. The molecule has 2 aromatic rings. The van der Waals surface area contributed by atoms with Gasteiger partial charge >= 0.3 is 6.09 Å². The number of likely N-dealkylation sites (tertiary alicyclic amines) is 2. The second-order valence-corrected chi connectivity index (χ2v) is 7.96. The minimum atomic E-state index is -1.34. The maximum atomic E-state index is 13.4. The fourth-order valence-electron chi connectivity index (χ4n) is 4.71. The Labute approximate surface area is 184 Å². The Morgan fingerprint density at radius 1 is 1.12 bits per heavy atom. The highest BCUT2D eigenvalue weighted by molar-refractivity contribution is 6.01. The van der Waals surface area contributed by atoms with E-state index in [9.17, 15) is 19.2 Å². The second kappa shape index (κ2) is 8.37. The standard InChI is InChI=1S/C22H24N4O6/c1-25-20(29)17(32-21(23)30)16(18(27)24-14-6-3-2-4-7-14)22(25)9-11-26(12-10-22)19(28)15-8-5-13-31-15/h2-8,13,16-17H,9-12H2,1H3,(H2,23,30)(H,24,27)/t16-,17+/m0/s1. The van der Waals surface area contributed by atoms with Crippen LogP contribution in [0.25, 0.3) is 0 Å². The summed E-state index contributed by atoms with van der Waals surface area (Å²) in [7, 11) is 1.58. The molecule has 2 fully saturated rings. The molecular weight excluding hydrogens is 416 g/mol. The molecule has 0 radical (unpaired) electrons. The van der Waals surface area contributed by atoms with Gasteiger partial charge in [0.1, 0.15) is 5.92 Å². The zero-order valence-electron chi connectivity index (χ0n) is 17.5. The number of para-hydroxylation sites is 1. The first kappa shape index (κ1) is 21.4. The Bertz CT molecular complexity index is 1010. The quantitative estimate of drug-likeness (QED) is 0.739. The number of ether oxygens (including phenoxy) is 1. The van der Waals surface area contributed by atoms with E-state index in [-0.39, 0.29) is 11.7 Å². The number of hydrogen-bond acceptors (Lipinski definition) is 6. The number of piperidine rings is 1. The van der Waals surface area contributed by atoms with Gasteiger partial charge in [0.05, 0.1) is 11.8 Å². The monoisotopic (exact) mass is 440 g/mol. The maximum Gasteiger partial charge on any atom is 0.405 e. The zero-order chi connectivity index (χ0) is 22.9. The smallest absolute Gasteiger partial charge is 0.405 e. The molecule has 0 bridgehead atoms. The number of nitrogens with one attached hydrogen (secondary N) is 1. The summed E-state index contributed by atoms with van der Waals surface area (Å²) in [6.45, 7) is 0.602. The SMILES string of the molecule is CN1C(=O)[C@H](OC(N)=O)[C@@H](C(=O)Nc2ccccc2)C12CCN(C(=O)c1ccco1)CC2. The summed E-state index contributed by atoms with van der Waals surface area (Å²) in [6.07, 6.45) is -0.386. The first-order valence-corrected chi connectivity index (χ1v) is 10.3. The highest BCUT2D eigenvalue weighted by Gasteiger charge is 2.62. The Balaban J connectivity index is 1.61. The van der Waals surface area contributed by atoms with Crippen molar-refractivity contribution < 1.29 is 28.3 Å². The lowest BCUT2D eigenvalue weighted by Crippen LogP contribution is -2.58. The fourth-order valence-corrected chi connectivity index (χ4v) is 4.71. The first-order valence-electron chi connectivity index (χ1n) is 10.3. The van der Waals surface area contributed by atoms with Crippen LogP contribution in [0.5, 0.6) is 0 Å².